The van der Waals surface area contributed by atoms with Crippen LogP contribution in [0.3, 0.4) is 0 Å². The summed E-state index contributed by atoms with van der Waals surface area (Å²) in [6.07, 6.45) is 3.29. The van der Waals surface area contributed by atoms with Crippen LogP contribution >= 0.6 is 0 Å². The lowest BCUT2D eigenvalue weighted by molar-refractivity contribution is -0.0396. The molecule has 0 bridgehead atoms. The number of likely N-dealkylation sites (tertiary alicyclic amines) is 1. The van der Waals surface area contributed by atoms with E-state index < -0.39 is 12.0 Å². The maximum absolute atomic E-state index is 13.4. The molecule has 31 heavy (non-hydrogen) atoms. The normalized spacial score (nSPS) is 20.2. The molecule has 0 radical (unpaired) electrons. The number of aryl methyl sites for hydroxylation is 1. The summed E-state index contributed by atoms with van der Waals surface area (Å²) in [7, 11) is 1.33. The van der Waals surface area contributed by atoms with Gasteiger partial charge in [-0.25, -0.2) is 18.3 Å². The largest absolute Gasteiger partial charge is 0.470 e. The number of methoxy groups -OCH3 is 1. The monoisotopic (exact) mass is 437 g/mol. The summed E-state index contributed by atoms with van der Waals surface area (Å²) in [4.78, 5) is 17.6. The second-order valence-corrected chi connectivity index (χ2v) is 7.96. The van der Waals surface area contributed by atoms with Crippen LogP contribution in [-0.4, -0.2) is 64.9 Å². The topological polar surface area (TPSA) is 81.0 Å². The van der Waals surface area contributed by atoms with Gasteiger partial charge in [-0.05, 0) is 32.8 Å². The fourth-order valence-corrected chi connectivity index (χ4v) is 3.50. The molecule has 0 atom stereocenters. The molecule has 3 rings (SSSR count). The molecule has 2 heterocycles. The van der Waals surface area contributed by atoms with Gasteiger partial charge in [0.2, 0.25) is 11.8 Å². The molecule has 8 nitrogen and oxygen atoms in total. The van der Waals surface area contributed by atoms with Gasteiger partial charge >= 0.3 is 6.09 Å². The van der Waals surface area contributed by atoms with Crippen molar-refractivity contribution in [1.29, 1.82) is 0 Å². The van der Waals surface area contributed by atoms with Crippen LogP contribution in [0.1, 0.15) is 38.3 Å². The van der Waals surface area contributed by atoms with Crippen molar-refractivity contribution >= 4 is 11.9 Å². The average molecular weight is 437 g/mol. The van der Waals surface area contributed by atoms with E-state index in [9.17, 15) is 13.6 Å². The van der Waals surface area contributed by atoms with Crippen LogP contribution in [0, 0.1) is 6.92 Å². The molecule has 2 aliphatic rings. The maximum atomic E-state index is 13.4. The average Bonchev–Trinajstić information content (AvgIpc) is 3.11. The summed E-state index contributed by atoms with van der Waals surface area (Å²) in [5, 5.41) is 7.52. The first kappa shape index (κ1) is 22.8. The third kappa shape index (κ3) is 6.28. The Bertz CT molecular complexity index is 864. The van der Waals surface area contributed by atoms with Crippen molar-refractivity contribution in [1.82, 2.24) is 20.0 Å². The van der Waals surface area contributed by atoms with Gasteiger partial charge in [-0.3, -0.25) is 0 Å². The Morgan fingerprint density at radius 3 is 2.65 bits per heavy atom. The Kier molecular flexibility index (Phi) is 6.97. The second-order valence-electron chi connectivity index (χ2n) is 7.96. The van der Waals surface area contributed by atoms with Crippen LogP contribution in [0.25, 0.3) is 0 Å². The molecule has 170 valence electrons. The van der Waals surface area contributed by atoms with Gasteiger partial charge in [0.05, 0.1) is 25.9 Å². The first-order chi connectivity index (χ1) is 14.6. The van der Waals surface area contributed by atoms with Crippen molar-refractivity contribution < 1.29 is 23.0 Å². The number of aliphatic imine (C=N–C) groups is 1. The highest BCUT2D eigenvalue weighted by Crippen LogP contribution is 2.33. The number of nitrogens with zero attached hydrogens (tertiary/aromatic N) is 4. The number of carbonyl (C=O) groups is 1. The molecule has 1 saturated heterocycles. The number of ether oxygens (including phenoxy) is 2. The molecule has 1 aliphatic heterocycles. The van der Waals surface area contributed by atoms with Crippen LogP contribution < -0.4 is 5.32 Å². The molecule has 2 fully saturated rings. The van der Waals surface area contributed by atoms with Gasteiger partial charge in [0.15, 0.2) is 0 Å². The van der Waals surface area contributed by atoms with Gasteiger partial charge in [-0.2, -0.15) is 10.1 Å². The van der Waals surface area contributed by atoms with E-state index in [-0.39, 0.29) is 25.0 Å². The summed E-state index contributed by atoms with van der Waals surface area (Å²) < 4.78 is 39.1. The summed E-state index contributed by atoms with van der Waals surface area (Å²) in [6.45, 7) is 8.43. The molecule has 1 aliphatic carbocycles. The summed E-state index contributed by atoms with van der Waals surface area (Å²) >= 11 is 0. The minimum atomic E-state index is -2.58. The number of halogens is 2. The highest BCUT2D eigenvalue weighted by Gasteiger charge is 2.35. The molecule has 0 spiro atoms. The van der Waals surface area contributed by atoms with E-state index in [1.54, 1.807) is 23.9 Å². The van der Waals surface area contributed by atoms with Crippen molar-refractivity contribution in [2.75, 3.05) is 20.2 Å². The number of rotatable bonds is 6. The van der Waals surface area contributed by atoms with Gasteiger partial charge in [-0.15, -0.1) is 0 Å². The van der Waals surface area contributed by atoms with Gasteiger partial charge in [0.1, 0.15) is 11.9 Å². The Balaban J connectivity index is 1.67. The lowest BCUT2D eigenvalue weighted by Gasteiger charge is -2.37. The molecule has 0 aromatic carbocycles. The Hall–Kier alpha value is -2.91. The van der Waals surface area contributed by atoms with Gasteiger partial charge < -0.3 is 19.7 Å². The van der Waals surface area contributed by atoms with E-state index in [0.29, 0.717) is 43.3 Å². The fraction of sp³-hybridized carbons (Fsp3) is 0.571. The van der Waals surface area contributed by atoms with Crippen LogP contribution in [0.15, 0.2) is 41.5 Å². The minimum absolute atomic E-state index is 0.0676. The fourth-order valence-electron chi connectivity index (χ4n) is 3.50. The van der Waals surface area contributed by atoms with Gasteiger partial charge in [0, 0.05) is 36.9 Å². The summed E-state index contributed by atoms with van der Waals surface area (Å²) in [6, 6.07) is 1.80. The highest BCUT2D eigenvalue weighted by molar-refractivity contribution is 5.82. The zero-order chi connectivity index (χ0) is 22.6. The number of alkyl halides is 2. The standard InChI is InChI=1S/C21H29F2N5O3/c1-14-7-10-28(26-14)16(3)25-19(31-18-12-27(13-18)20(29)30-4)11-15(2)24-17-5-8-21(22,23)9-6-17/h7,10-11,17-18,24H,2,5-6,8-9,12-13H2,1,3-4H3/b19-11+,25-16+. The lowest BCUT2D eigenvalue weighted by atomic mass is 9.92. The van der Waals surface area contributed by atoms with Gasteiger partial charge in [0.25, 0.3) is 0 Å². The number of nitrogens with one attached hydrogen (secondary N) is 1. The third-order valence-electron chi connectivity index (χ3n) is 5.30. The quantitative estimate of drug-likeness (QED) is 0.319. The lowest BCUT2D eigenvalue weighted by Crippen LogP contribution is -2.54. The molecule has 1 saturated carbocycles. The Labute approximate surface area is 180 Å². The minimum Gasteiger partial charge on any atom is -0.470 e. The van der Waals surface area contributed by atoms with Crippen LogP contribution in [-0.2, 0) is 9.47 Å². The highest BCUT2D eigenvalue weighted by atomic mass is 19.3. The molecular weight excluding hydrogens is 408 g/mol. The van der Waals surface area contributed by atoms with Crippen molar-refractivity contribution in [2.45, 2.75) is 57.6 Å². The Morgan fingerprint density at radius 1 is 1.39 bits per heavy atom. The molecule has 1 aromatic heterocycles. The predicted octanol–water partition coefficient (Wildman–Crippen LogP) is 3.45. The third-order valence-corrected chi connectivity index (χ3v) is 5.30. The first-order valence-electron chi connectivity index (χ1n) is 10.3. The molecule has 1 aromatic rings. The zero-order valence-electron chi connectivity index (χ0n) is 18.1. The predicted molar refractivity (Wildman–Crippen MR) is 112 cm³/mol. The maximum Gasteiger partial charge on any atom is 0.409 e. The Morgan fingerprint density at radius 2 is 2.06 bits per heavy atom. The van der Waals surface area contributed by atoms with Crippen LogP contribution in [0.4, 0.5) is 13.6 Å². The number of allylic oxidation sites excluding steroid dienone is 1. The number of hydrogen-bond acceptors (Lipinski definition) is 6. The summed E-state index contributed by atoms with van der Waals surface area (Å²) in [5.74, 6) is -1.68. The van der Waals surface area contributed by atoms with E-state index in [1.807, 2.05) is 13.0 Å². The SMILES string of the molecule is C=C(/C=C(\N=C(/C)n1ccc(C)n1)OC1CN(C(=O)OC)C1)NC1CCC(F)(F)CC1. The van der Waals surface area contributed by atoms with Crippen molar-refractivity contribution in [3.8, 4) is 0 Å². The number of amides is 1. The smallest absolute Gasteiger partial charge is 0.409 e. The number of hydrogen-bond donors (Lipinski definition) is 1. The van der Waals surface area contributed by atoms with E-state index in [1.165, 1.54) is 12.0 Å². The first-order valence-corrected chi connectivity index (χ1v) is 10.3. The van der Waals surface area contributed by atoms with E-state index in [0.717, 1.165) is 5.69 Å². The number of carbonyl (C=O) groups excluding carboxylic acids is 1. The van der Waals surface area contributed by atoms with Crippen molar-refractivity contribution in [3.05, 3.63) is 42.2 Å². The van der Waals surface area contributed by atoms with Crippen molar-refractivity contribution in [3.63, 3.8) is 0 Å². The molecule has 1 N–H and O–H groups in total. The van der Waals surface area contributed by atoms with Crippen LogP contribution in [0.2, 0.25) is 0 Å². The number of aromatic nitrogens is 2. The zero-order valence-corrected chi connectivity index (χ0v) is 18.1. The molecule has 0 unspecified atom stereocenters. The van der Waals surface area contributed by atoms with E-state index >= 15 is 0 Å². The van der Waals surface area contributed by atoms with E-state index in [4.69, 9.17) is 9.47 Å². The molecular formula is C21H29F2N5O3. The summed E-state index contributed by atoms with van der Waals surface area (Å²) in [5.41, 5.74) is 1.39. The van der Waals surface area contributed by atoms with Crippen molar-refractivity contribution in [2.24, 2.45) is 4.99 Å². The van der Waals surface area contributed by atoms with E-state index in [2.05, 4.69) is 22.0 Å². The van der Waals surface area contributed by atoms with Crippen LogP contribution in [0.5, 0.6) is 0 Å². The van der Waals surface area contributed by atoms with Gasteiger partial charge in [-0.1, -0.05) is 6.58 Å². The molecule has 10 heteroatoms. The second kappa shape index (κ2) is 9.49. The molecule has 1 amide bonds.